The average molecular weight is 371 g/mol. The fourth-order valence-electron chi connectivity index (χ4n) is 3.67. The molecule has 0 bridgehead atoms. The molecule has 1 aromatic heterocycles. The Kier molecular flexibility index (Phi) is 5.16. The summed E-state index contributed by atoms with van der Waals surface area (Å²) in [5.74, 6) is 0.0909. The van der Waals surface area contributed by atoms with E-state index in [-0.39, 0.29) is 11.3 Å². The molecule has 0 radical (unpaired) electrons. The minimum Gasteiger partial charge on any atom is -0.366 e. The molecule has 1 aromatic carbocycles. The van der Waals surface area contributed by atoms with Crippen molar-refractivity contribution >= 4 is 28.6 Å². The summed E-state index contributed by atoms with van der Waals surface area (Å²) < 4.78 is 0. The molecule has 3 nitrogen and oxygen atoms in total. The number of nitrogens with zero attached hydrogens (tertiary/aromatic N) is 1. The van der Waals surface area contributed by atoms with E-state index in [9.17, 15) is 4.79 Å². The van der Waals surface area contributed by atoms with E-state index < -0.39 is 0 Å². The summed E-state index contributed by atoms with van der Waals surface area (Å²) in [4.78, 5) is 17.7. The van der Waals surface area contributed by atoms with Gasteiger partial charge in [-0.25, -0.2) is 0 Å². The summed E-state index contributed by atoms with van der Waals surface area (Å²) in [7, 11) is 0. The van der Waals surface area contributed by atoms with Crippen LogP contribution in [0.1, 0.15) is 53.6 Å². The molecule has 0 fully saturated rings. The predicted molar refractivity (Wildman–Crippen MR) is 112 cm³/mol. The third-order valence-electron chi connectivity index (χ3n) is 4.84. The Bertz CT molecular complexity index is 806. The number of anilines is 2. The second-order valence-electron chi connectivity index (χ2n) is 8.72. The smallest absolute Gasteiger partial charge is 0.224 e. The molecule has 0 spiro atoms. The molecule has 4 heteroatoms. The fourth-order valence-corrected chi connectivity index (χ4v) is 4.78. The maximum atomic E-state index is 12.3. The van der Waals surface area contributed by atoms with Crippen molar-refractivity contribution in [2.45, 2.75) is 60.9 Å². The molecule has 2 aromatic rings. The lowest BCUT2D eigenvalue weighted by Crippen LogP contribution is -2.29. The number of aryl methyl sites for hydroxylation is 3. The van der Waals surface area contributed by atoms with Gasteiger partial charge in [0, 0.05) is 34.1 Å². The van der Waals surface area contributed by atoms with E-state index in [2.05, 4.69) is 70.0 Å². The highest BCUT2D eigenvalue weighted by molar-refractivity contribution is 7.12. The minimum absolute atomic E-state index is 0.00379. The highest BCUT2D eigenvalue weighted by Gasteiger charge is 2.21. The van der Waals surface area contributed by atoms with Gasteiger partial charge in [-0.3, -0.25) is 4.79 Å². The number of hydrogen-bond acceptors (Lipinski definition) is 3. The van der Waals surface area contributed by atoms with E-state index in [1.165, 1.54) is 21.0 Å². The number of carbonyl (C=O) groups excluding carboxylic acids is 1. The van der Waals surface area contributed by atoms with Gasteiger partial charge in [0.05, 0.1) is 6.54 Å². The molecule has 1 aliphatic rings. The van der Waals surface area contributed by atoms with Crippen molar-refractivity contribution in [1.82, 2.24) is 0 Å². The van der Waals surface area contributed by atoms with Crippen LogP contribution in [0, 0.1) is 26.2 Å². The van der Waals surface area contributed by atoms with Crippen molar-refractivity contribution < 1.29 is 4.79 Å². The molecule has 140 valence electrons. The summed E-state index contributed by atoms with van der Waals surface area (Å²) in [6, 6.07) is 6.76. The van der Waals surface area contributed by atoms with Gasteiger partial charge < -0.3 is 10.2 Å². The van der Waals surface area contributed by atoms with Crippen molar-refractivity contribution in [3.63, 3.8) is 0 Å². The third kappa shape index (κ3) is 4.29. The lowest BCUT2D eigenvalue weighted by Gasteiger charge is -2.30. The van der Waals surface area contributed by atoms with Crippen LogP contribution in [0.5, 0.6) is 0 Å². The van der Waals surface area contributed by atoms with Gasteiger partial charge in [0.2, 0.25) is 5.91 Å². The van der Waals surface area contributed by atoms with Gasteiger partial charge in [-0.05, 0) is 67.5 Å². The summed E-state index contributed by atoms with van der Waals surface area (Å²) in [6.07, 6.45) is 1.64. The zero-order valence-corrected chi connectivity index (χ0v) is 17.6. The van der Waals surface area contributed by atoms with Crippen LogP contribution in [0.25, 0.3) is 0 Å². The van der Waals surface area contributed by atoms with Crippen LogP contribution in [0.4, 0.5) is 11.4 Å². The number of nitrogens with one attached hydrogen (secondary N) is 1. The van der Waals surface area contributed by atoms with Gasteiger partial charge in [0.25, 0.3) is 0 Å². The number of amides is 1. The lowest BCUT2D eigenvalue weighted by molar-refractivity contribution is -0.117. The van der Waals surface area contributed by atoms with Crippen molar-refractivity contribution in [3.8, 4) is 0 Å². The molecule has 1 amide bonds. The van der Waals surface area contributed by atoms with Crippen LogP contribution in [-0.2, 0) is 17.8 Å². The first-order valence-corrected chi connectivity index (χ1v) is 10.2. The van der Waals surface area contributed by atoms with E-state index in [0.29, 0.717) is 6.42 Å². The molecule has 0 atom stereocenters. The standard InChI is InChI=1S/C22H30N2OS/c1-14-9-18(24-8-7-17-11-16(3)26-19(17)13-24)10-15(2)21(14)23-20(25)12-22(4,5)6/h9-11H,7-8,12-13H2,1-6H3,(H,23,25). The monoisotopic (exact) mass is 370 g/mol. The topological polar surface area (TPSA) is 32.3 Å². The van der Waals surface area contributed by atoms with Crippen molar-refractivity contribution in [2.75, 3.05) is 16.8 Å². The normalized spacial score (nSPS) is 14.3. The maximum Gasteiger partial charge on any atom is 0.224 e. The van der Waals surface area contributed by atoms with Gasteiger partial charge in [0.1, 0.15) is 0 Å². The predicted octanol–water partition coefficient (Wildman–Crippen LogP) is 5.61. The Morgan fingerprint density at radius 3 is 2.42 bits per heavy atom. The molecule has 2 heterocycles. The molecule has 1 aliphatic heterocycles. The number of rotatable bonds is 3. The largest absolute Gasteiger partial charge is 0.366 e. The second-order valence-corrected chi connectivity index (χ2v) is 10.1. The number of benzene rings is 1. The van der Waals surface area contributed by atoms with Gasteiger partial charge in [-0.1, -0.05) is 20.8 Å². The Morgan fingerprint density at radius 1 is 1.15 bits per heavy atom. The van der Waals surface area contributed by atoms with Gasteiger partial charge in [-0.15, -0.1) is 11.3 Å². The molecule has 26 heavy (non-hydrogen) atoms. The molecule has 0 saturated heterocycles. The number of thiophene rings is 1. The number of fused-ring (bicyclic) bond motifs is 1. The third-order valence-corrected chi connectivity index (χ3v) is 5.92. The van der Waals surface area contributed by atoms with Gasteiger partial charge in [-0.2, -0.15) is 0 Å². The first-order chi connectivity index (χ1) is 12.1. The van der Waals surface area contributed by atoms with Gasteiger partial charge in [0.15, 0.2) is 0 Å². The Balaban J connectivity index is 1.78. The van der Waals surface area contributed by atoms with Gasteiger partial charge >= 0.3 is 0 Å². The first kappa shape index (κ1) is 19.0. The summed E-state index contributed by atoms with van der Waals surface area (Å²) >= 11 is 1.92. The molecular weight excluding hydrogens is 340 g/mol. The van der Waals surface area contributed by atoms with Crippen LogP contribution in [0.2, 0.25) is 0 Å². The van der Waals surface area contributed by atoms with E-state index in [1.807, 2.05) is 11.3 Å². The zero-order chi connectivity index (χ0) is 19.1. The van der Waals surface area contributed by atoms with E-state index in [0.717, 1.165) is 36.3 Å². The Morgan fingerprint density at radius 2 is 1.81 bits per heavy atom. The highest BCUT2D eigenvalue weighted by atomic mass is 32.1. The summed E-state index contributed by atoms with van der Waals surface area (Å²) in [5, 5.41) is 3.13. The van der Waals surface area contributed by atoms with Crippen LogP contribution in [0.15, 0.2) is 18.2 Å². The van der Waals surface area contributed by atoms with Crippen molar-refractivity contribution in [2.24, 2.45) is 5.41 Å². The SMILES string of the molecule is Cc1cc2c(s1)CN(c1cc(C)c(NC(=O)CC(C)(C)C)c(C)c1)CC2. The maximum absolute atomic E-state index is 12.3. The number of carbonyl (C=O) groups is 1. The van der Waals surface area contributed by atoms with Crippen LogP contribution >= 0.6 is 11.3 Å². The molecule has 0 aliphatic carbocycles. The average Bonchev–Trinajstić information content (AvgIpc) is 2.88. The highest BCUT2D eigenvalue weighted by Crippen LogP contribution is 2.33. The van der Waals surface area contributed by atoms with Crippen molar-refractivity contribution in [1.29, 1.82) is 0 Å². The van der Waals surface area contributed by atoms with Crippen molar-refractivity contribution in [3.05, 3.63) is 44.6 Å². The molecule has 0 saturated carbocycles. The minimum atomic E-state index is -0.00379. The van der Waals surface area contributed by atoms with Crippen LogP contribution in [-0.4, -0.2) is 12.5 Å². The Hall–Kier alpha value is -1.81. The second kappa shape index (κ2) is 7.07. The zero-order valence-electron chi connectivity index (χ0n) is 16.8. The molecule has 3 rings (SSSR count). The number of hydrogen-bond donors (Lipinski definition) is 1. The van der Waals surface area contributed by atoms with Crippen LogP contribution < -0.4 is 10.2 Å². The van der Waals surface area contributed by atoms with E-state index in [1.54, 1.807) is 0 Å². The summed E-state index contributed by atoms with van der Waals surface area (Å²) in [6.45, 7) is 14.7. The lowest BCUT2D eigenvalue weighted by atomic mass is 9.92. The summed E-state index contributed by atoms with van der Waals surface area (Å²) in [5.41, 5.74) is 6.00. The first-order valence-electron chi connectivity index (χ1n) is 9.36. The molecule has 0 unspecified atom stereocenters. The molecular formula is C22H30N2OS. The Labute approximate surface area is 161 Å². The van der Waals surface area contributed by atoms with E-state index >= 15 is 0 Å². The quantitative estimate of drug-likeness (QED) is 0.761. The molecule has 1 N–H and O–H groups in total. The van der Waals surface area contributed by atoms with E-state index in [4.69, 9.17) is 0 Å². The van der Waals surface area contributed by atoms with Crippen LogP contribution in [0.3, 0.4) is 0 Å². The fraction of sp³-hybridized carbons (Fsp3) is 0.500.